The first-order valence-electron chi connectivity index (χ1n) is 5.86. The molecule has 1 aliphatic rings. The zero-order valence-corrected chi connectivity index (χ0v) is 10.3. The fourth-order valence-electron chi connectivity index (χ4n) is 2.49. The maximum atomic E-state index is 12.1. The van der Waals surface area contributed by atoms with Crippen molar-refractivity contribution in [1.29, 1.82) is 0 Å². The second kappa shape index (κ2) is 4.78. The van der Waals surface area contributed by atoms with Gasteiger partial charge in [0.05, 0.1) is 0 Å². The maximum Gasteiger partial charge on any atom is 0.162 e. The molecule has 0 saturated heterocycles. The summed E-state index contributed by atoms with van der Waals surface area (Å²) in [6, 6.07) is 0. The quantitative estimate of drug-likeness (QED) is 0.505. The van der Waals surface area contributed by atoms with E-state index < -0.39 is 0 Å². The monoisotopic (exact) mass is 206 g/mol. The lowest BCUT2D eigenvalue weighted by Crippen LogP contribution is -2.33. The number of hydrogen-bond acceptors (Lipinski definition) is 1. The predicted molar refractivity (Wildman–Crippen MR) is 64.7 cm³/mol. The smallest absolute Gasteiger partial charge is 0.162 e. The van der Waals surface area contributed by atoms with Crippen LogP contribution in [0.1, 0.15) is 47.0 Å². The molecule has 1 rings (SSSR count). The highest BCUT2D eigenvalue weighted by Gasteiger charge is 2.36. The Hall–Kier alpha value is -0.850. The third-order valence-electron chi connectivity index (χ3n) is 3.29. The second-order valence-electron chi connectivity index (χ2n) is 5.12. The van der Waals surface area contributed by atoms with Crippen molar-refractivity contribution in [3.05, 3.63) is 23.8 Å². The number of rotatable bonds is 3. The Bertz CT molecular complexity index is 294. The molecule has 0 aromatic rings. The van der Waals surface area contributed by atoms with Crippen molar-refractivity contribution in [2.75, 3.05) is 0 Å². The van der Waals surface area contributed by atoms with Gasteiger partial charge in [0.25, 0.3) is 0 Å². The van der Waals surface area contributed by atoms with E-state index in [0.717, 1.165) is 19.3 Å². The summed E-state index contributed by atoms with van der Waals surface area (Å²) in [5.74, 6) is 0.365. The van der Waals surface area contributed by atoms with Crippen LogP contribution in [0, 0.1) is 11.3 Å². The van der Waals surface area contributed by atoms with Crippen LogP contribution in [0.3, 0.4) is 0 Å². The fourth-order valence-corrected chi connectivity index (χ4v) is 2.49. The minimum Gasteiger partial charge on any atom is -0.294 e. The van der Waals surface area contributed by atoms with Gasteiger partial charge in [-0.3, -0.25) is 4.79 Å². The Morgan fingerprint density at radius 1 is 1.60 bits per heavy atom. The van der Waals surface area contributed by atoms with Crippen molar-refractivity contribution in [2.24, 2.45) is 11.3 Å². The second-order valence-corrected chi connectivity index (χ2v) is 5.12. The van der Waals surface area contributed by atoms with Crippen molar-refractivity contribution >= 4 is 5.78 Å². The molecule has 0 aromatic heterocycles. The largest absolute Gasteiger partial charge is 0.294 e. The molecule has 0 aromatic carbocycles. The van der Waals surface area contributed by atoms with E-state index >= 15 is 0 Å². The molecule has 0 heterocycles. The molecule has 1 heteroatoms. The number of ketones is 1. The van der Waals surface area contributed by atoms with E-state index in [9.17, 15) is 4.79 Å². The summed E-state index contributed by atoms with van der Waals surface area (Å²) < 4.78 is 0. The van der Waals surface area contributed by atoms with Crippen LogP contribution in [0.2, 0.25) is 0 Å². The molecule has 0 bridgehead atoms. The van der Waals surface area contributed by atoms with Gasteiger partial charge in [0.15, 0.2) is 5.78 Å². The number of allylic oxidation sites excluding steroid dienone is 4. The van der Waals surface area contributed by atoms with Gasteiger partial charge in [-0.05, 0) is 37.7 Å². The van der Waals surface area contributed by atoms with E-state index in [-0.39, 0.29) is 17.1 Å². The highest BCUT2D eigenvalue weighted by atomic mass is 16.1. The maximum absolute atomic E-state index is 12.1. The molecule has 0 aliphatic heterocycles. The molecule has 0 radical (unpaired) electrons. The molecule has 1 aliphatic carbocycles. The zero-order chi connectivity index (χ0) is 11.5. The fraction of sp³-hybridized carbons (Fsp3) is 0.643. The van der Waals surface area contributed by atoms with Gasteiger partial charge in [0, 0.05) is 5.92 Å². The molecule has 0 N–H and O–H groups in total. The minimum atomic E-state index is 0.0917. The molecule has 15 heavy (non-hydrogen) atoms. The number of carbonyl (C=O) groups excluding carboxylic acids is 1. The molecular formula is C14H22O. The topological polar surface area (TPSA) is 17.1 Å². The average Bonchev–Trinajstić information content (AvgIpc) is 2.13. The van der Waals surface area contributed by atoms with Crippen LogP contribution in [-0.4, -0.2) is 5.78 Å². The van der Waals surface area contributed by atoms with Gasteiger partial charge in [-0.15, -0.1) is 0 Å². The molecular weight excluding hydrogens is 184 g/mol. The third-order valence-corrected chi connectivity index (χ3v) is 3.29. The van der Waals surface area contributed by atoms with Gasteiger partial charge >= 0.3 is 0 Å². The van der Waals surface area contributed by atoms with Gasteiger partial charge in [-0.2, -0.15) is 0 Å². The van der Waals surface area contributed by atoms with Crippen molar-refractivity contribution in [3.8, 4) is 0 Å². The Morgan fingerprint density at radius 3 is 2.80 bits per heavy atom. The minimum absolute atomic E-state index is 0.0917. The van der Waals surface area contributed by atoms with Gasteiger partial charge in [0.2, 0.25) is 0 Å². The Labute approximate surface area is 93.3 Å². The molecule has 0 amide bonds. The Kier molecular flexibility index (Phi) is 3.90. The summed E-state index contributed by atoms with van der Waals surface area (Å²) >= 11 is 0. The summed E-state index contributed by atoms with van der Waals surface area (Å²) in [6.07, 6.45) is 9.09. The van der Waals surface area contributed by atoms with Crippen molar-refractivity contribution < 1.29 is 4.79 Å². The van der Waals surface area contributed by atoms with Gasteiger partial charge in [0.1, 0.15) is 0 Å². The normalized spacial score (nSPS) is 25.3. The van der Waals surface area contributed by atoms with Crippen molar-refractivity contribution in [2.45, 2.75) is 47.0 Å². The highest BCUT2D eigenvalue weighted by Crippen LogP contribution is 2.41. The van der Waals surface area contributed by atoms with Crippen LogP contribution in [0.4, 0.5) is 0 Å². The first kappa shape index (κ1) is 12.2. The molecule has 0 saturated carbocycles. The first-order chi connectivity index (χ1) is 6.99. The Morgan fingerprint density at radius 2 is 2.27 bits per heavy atom. The molecule has 1 unspecified atom stereocenters. The average molecular weight is 206 g/mol. The molecule has 0 spiro atoms. The van der Waals surface area contributed by atoms with E-state index in [1.54, 1.807) is 6.08 Å². The van der Waals surface area contributed by atoms with Gasteiger partial charge < -0.3 is 0 Å². The van der Waals surface area contributed by atoms with Crippen LogP contribution in [0.15, 0.2) is 23.8 Å². The highest BCUT2D eigenvalue weighted by molar-refractivity contribution is 5.94. The molecule has 1 nitrogen and oxygen atoms in total. The Balaban J connectivity index is 2.89. The van der Waals surface area contributed by atoms with E-state index in [1.165, 1.54) is 5.57 Å². The number of carbonyl (C=O) groups is 1. The van der Waals surface area contributed by atoms with E-state index in [1.807, 2.05) is 6.08 Å². The van der Waals surface area contributed by atoms with Crippen LogP contribution in [-0.2, 0) is 4.79 Å². The molecule has 1 atom stereocenters. The van der Waals surface area contributed by atoms with Gasteiger partial charge in [-0.25, -0.2) is 0 Å². The van der Waals surface area contributed by atoms with E-state index in [4.69, 9.17) is 0 Å². The lowest BCUT2D eigenvalue weighted by molar-refractivity contribution is -0.120. The standard InChI is InChI=1S/C14H22O/c1-5-6-9-12(15)13-11(2)8-7-10-14(13,3)4/h6,8-9,13H,5,7,10H2,1-4H3/b9-6+. The van der Waals surface area contributed by atoms with E-state index in [2.05, 4.69) is 33.8 Å². The molecule has 0 fully saturated rings. The lowest BCUT2D eigenvalue weighted by atomic mass is 9.67. The van der Waals surface area contributed by atoms with Gasteiger partial charge in [-0.1, -0.05) is 38.5 Å². The summed E-state index contributed by atoms with van der Waals surface area (Å²) in [4.78, 5) is 12.1. The predicted octanol–water partition coefficient (Wildman–Crippen LogP) is 3.90. The summed E-state index contributed by atoms with van der Waals surface area (Å²) in [5.41, 5.74) is 1.37. The SMILES string of the molecule is CC/C=C/C(=O)C1C(C)=CCCC1(C)C. The lowest BCUT2D eigenvalue weighted by Gasteiger charge is -2.36. The third kappa shape index (κ3) is 2.80. The van der Waals surface area contributed by atoms with E-state index in [0.29, 0.717) is 0 Å². The zero-order valence-electron chi connectivity index (χ0n) is 10.3. The molecule has 84 valence electrons. The summed E-state index contributed by atoms with van der Waals surface area (Å²) in [7, 11) is 0. The van der Waals surface area contributed by atoms with Crippen molar-refractivity contribution in [3.63, 3.8) is 0 Å². The van der Waals surface area contributed by atoms with Crippen LogP contribution in [0.5, 0.6) is 0 Å². The first-order valence-corrected chi connectivity index (χ1v) is 5.86. The van der Waals surface area contributed by atoms with Crippen LogP contribution in [0.25, 0.3) is 0 Å². The van der Waals surface area contributed by atoms with Crippen LogP contribution < -0.4 is 0 Å². The van der Waals surface area contributed by atoms with Crippen LogP contribution >= 0.6 is 0 Å². The van der Waals surface area contributed by atoms with Crippen molar-refractivity contribution in [1.82, 2.24) is 0 Å². The number of hydrogen-bond donors (Lipinski definition) is 0. The summed E-state index contributed by atoms with van der Waals surface area (Å²) in [6.45, 7) is 8.54. The summed E-state index contributed by atoms with van der Waals surface area (Å²) in [5, 5.41) is 0.